The minimum absolute atomic E-state index is 0.118. The fourth-order valence-electron chi connectivity index (χ4n) is 6.26. The van der Waals surface area contributed by atoms with Crippen molar-refractivity contribution < 1.29 is 33.5 Å². The number of hydrogen-bond acceptors (Lipinski definition) is 7. The van der Waals surface area contributed by atoms with E-state index in [4.69, 9.17) is 4.74 Å². The summed E-state index contributed by atoms with van der Waals surface area (Å²) in [5.74, 6) is -3.49. The van der Waals surface area contributed by atoms with Gasteiger partial charge >= 0.3 is 0 Å². The van der Waals surface area contributed by atoms with Gasteiger partial charge in [-0.2, -0.15) is 0 Å². The SMILES string of the molecule is CN(C)C(=O)[C@@H](NC(=O)CNC(=O)C(=O)[C@@H]1CCCCCCCCCCCC(=O)N2C[C@H](OC(C)(C)C)C[C@H]2C(=O)N1)c1ccccc1. The van der Waals surface area contributed by atoms with Gasteiger partial charge in [-0.15, -0.1) is 0 Å². The summed E-state index contributed by atoms with van der Waals surface area (Å²) in [5.41, 5.74) is 0.105. The molecule has 1 aromatic rings. The molecule has 266 valence electrons. The highest BCUT2D eigenvalue weighted by atomic mass is 16.5. The first-order valence-corrected chi connectivity index (χ1v) is 17.4. The van der Waals surface area contributed by atoms with Crippen molar-refractivity contribution >= 4 is 35.3 Å². The fraction of sp³-hybridized carbons (Fsp3) is 0.667. The highest BCUT2D eigenvalue weighted by Gasteiger charge is 2.42. The molecule has 0 spiro atoms. The summed E-state index contributed by atoms with van der Waals surface area (Å²) in [6.07, 6.45) is 9.02. The van der Waals surface area contributed by atoms with Crippen molar-refractivity contribution in [1.82, 2.24) is 25.8 Å². The monoisotopic (exact) mass is 669 g/mol. The van der Waals surface area contributed by atoms with Gasteiger partial charge in [0.05, 0.1) is 24.3 Å². The molecule has 0 bridgehead atoms. The Morgan fingerprint density at radius 2 is 1.54 bits per heavy atom. The first-order chi connectivity index (χ1) is 22.8. The number of ether oxygens (including phenoxy) is 1. The second-order valence-electron chi connectivity index (χ2n) is 14.1. The number of hydrogen-bond donors (Lipinski definition) is 3. The maximum atomic E-state index is 13.7. The molecule has 2 fully saturated rings. The Labute approximate surface area is 285 Å². The molecule has 0 aromatic heterocycles. The molecule has 3 rings (SSSR count). The van der Waals surface area contributed by atoms with Crippen molar-refractivity contribution in [2.24, 2.45) is 0 Å². The Hall–Kier alpha value is -3.80. The number of carbonyl (C=O) groups is 6. The van der Waals surface area contributed by atoms with Crippen LogP contribution in [-0.2, 0) is 33.5 Å². The van der Waals surface area contributed by atoms with Crippen LogP contribution < -0.4 is 16.0 Å². The smallest absolute Gasteiger partial charge is 0.290 e. The highest BCUT2D eigenvalue weighted by molar-refractivity contribution is 6.38. The Morgan fingerprint density at radius 1 is 0.938 bits per heavy atom. The summed E-state index contributed by atoms with van der Waals surface area (Å²) in [7, 11) is 3.16. The van der Waals surface area contributed by atoms with Gasteiger partial charge in [0.15, 0.2) is 0 Å². The summed E-state index contributed by atoms with van der Waals surface area (Å²) < 4.78 is 6.15. The lowest BCUT2D eigenvalue weighted by Crippen LogP contribution is -2.54. The molecule has 5 amide bonds. The number of nitrogens with one attached hydrogen (secondary N) is 3. The molecule has 12 nitrogen and oxygen atoms in total. The van der Waals surface area contributed by atoms with E-state index in [0.29, 0.717) is 18.4 Å². The number of Topliss-reactive ketones (excluding diaryl/α,β-unsaturated/α-hetero) is 1. The van der Waals surface area contributed by atoms with Gasteiger partial charge in [0.2, 0.25) is 29.4 Å². The molecule has 2 aliphatic heterocycles. The molecule has 4 atom stereocenters. The van der Waals surface area contributed by atoms with Crippen molar-refractivity contribution in [3.8, 4) is 0 Å². The van der Waals surface area contributed by atoms with Gasteiger partial charge in [-0.3, -0.25) is 28.8 Å². The number of amides is 5. The van der Waals surface area contributed by atoms with Crippen molar-refractivity contribution in [2.75, 3.05) is 27.2 Å². The first-order valence-electron chi connectivity index (χ1n) is 17.4. The molecule has 0 unspecified atom stereocenters. The van der Waals surface area contributed by atoms with Crippen LogP contribution in [0, 0.1) is 0 Å². The Bertz CT molecular complexity index is 1260. The third kappa shape index (κ3) is 12.3. The number of benzene rings is 1. The predicted octanol–water partition coefficient (Wildman–Crippen LogP) is 3.19. The summed E-state index contributed by atoms with van der Waals surface area (Å²) >= 11 is 0. The lowest BCUT2D eigenvalue weighted by atomic mass is 10.0. The normalized spacial score (nSPS) is 22.4. The standard InChI is InChI=1S/C36H55N5O7/c1-36(2,3)48-26-22-28-33(45)38-27(20-16-11-9-7-6-8-10-12-17-21-30(43)41(28)24-26)32(44)34(46)37-23-29(42)39-31(35(47)40(4)5)25-18-14-13-15-19-25/h13-15,18-19,26-28,31H,6-12,16-17,20-24H2,1-5H3,(H,37,46)(H,38,45)(H,39,42)/t26-,27+,28+,31+/m1/s1. The van der Waals surface area contributed by atoms with Gasteiger partial charge in [0, 0.05) is 33.5 Å². The van der Waals surface area contributed by atoms with Gasteiger partial charge < -0.3 is 30.5 Å². The van der Waals surface area contributed by atoms with E-state index in [1.807, 2.05) is 20.8 Å². The van der Waals surface area contributed by atoms with Crippen LogP contribution in [0.4, 0.5) is 0 Å². The molecule has 1 aromatic carbocycles. The van der Waals surface area contributed by atoms with Crippen LogP contribution in [0.3, 0.4) is 0 Å². The van der Waals surface area contributed by atoms with E-state index in [9.17, 15) is 28.8 Å². The van der Waals surface area contributed by atoms with Gasteiger partial charge in [-0.25, -0.2) is 0 Å². The first kappa shape index (κ1) is 38.6. The topological polar surface area (TPSA) is 154 Å². The fourth-order valence-corrected chi connectivity index (χ4v) is 6.26. The molecular weight excluding hydrogens is 614 g/mol. The van der Waals surface area contributed by atoms with E-state index in [2.05, 4.69) is 16.0 Å². The number of carbonyl (C=O) groups excluding carboxylic acids is 6. The molecular formula is C36H55N5O7. The quantitative estimate of drug-likeness (QED) is 0.360. The molecule has 0 aliphatic carbocycles. The van der Waals surface area contributed by atoms with Crippen LogP contribution in [0.15, 0.2) is 30.3 Å². The average molecular weight is 670 g/mol. The maximum Gasteiger partial charge on any atom is 0.290 e. The number of rotatable bonds is 8. The summed E-state index contributed by atoms with van der Waals surface area (Å²) in [6, 6.07) is 5.81. The number of ketones is 1. The lowest BCUT2D eigenvalue weighted by Gasteiger charge is -2.26. The molecule has 0 radical (unpaired) electrons. The van der Waals surface area contributed by atoms with Crippen LogP contribution >= 0.6 is 0 Å². The van der Waals surface area contributed by atoms with Gasteiger partial charge in [-0.1, -0.05) is 81.7 Å². The van der Waals surface area contributed by atoms with E-state index in [1.54, 1.807) is 49.3 Å². The maximum absolute atomic E-state index is 13.7. The van der Waals surface area contributed by atoms with Crippen LogP contribution in [0.25, 0.3) is 0 Å². The third-order valence-electron chi connectivity index (χ3n) is 8.68. The van der Waals surface area contributed by atoms with E-state index < -0.39 is 53.8 Å². The van der Waals surface area contributed by atoms with E-state index >= 15 is 0 Å². The van der Waals surface area contributed by atoms with Crippen LogP contribution in [0.2, 0.25) is 0 Å². The van der Waals surface area contributed by atoms with Crippen LogP contribution in [-0.4, -0.2) is 96.1 Å². The Morgan fingerprint density at radius 3 is 2.15 bits per heavy atom. The molecule has 12 heteroatoms. The Kier molecular flexibility index (Phi) is 15.0. The van der Waals surface area contributed by atoms with Crippen molar-refractivity contribution in [2.45, 2.75) is 128 Å². The number of likely N-dealkylation sites (N-methyl/N-ethyl adjacent to an activating group) is 1. The molecule has 48 heavy (non-hydrogen) atoms. The van der Waals surface area contributed by atoms with Crippen LogP contribution in [0.5, 0.6) is 0 Å². The second kappa shape index (κ2) is 18.7. The minimum Gasteiger partial charge on any atom is -0.371 e. The van der Waals surface area contributed by atoms with E-state index in [0.717, 1.165) is 51.4 Å². The highest BCUT2D eigenvalue weighted by Crippen LogP contribution is 2.26. The minimum atomic E-state index is -1.12. The average Bonchev–Trinajstić information content (AvgIpc) is 3.46. The Balaban J connectivity index is 1.71. The van der Waals surface area contributed by atoms with Crippen molar-refractivity contribution in [3.63, 3.8) is 0 Å². The van der Waals surface area contributed by atoms with E-state index in [-0.39, 0.29) is 37.3 Å². The molecule has 2 saturated heterocycles. The summed E-state index contributed by atoms with van der Waals surface area (Å²) in [6.45, 7) is 5.51. The number of fused-ring (bicyclic) bond motifs is 1. The zero-order valence-corrected chi connectivity index (χ0v) is 29.3. The zero-order valence-electron chi connectivity index (χ0n) is 29.3. The van der Waals surface area contributed by atoms with Gasteiger partial charge in [0.25, 0.3) is 5.91 Å². The largest absolute Gasteiger partial charge is 0.371 e. The zero-order chi connectivity index (χ0) is 35.3. The van der Waals surface area contributed by atoms with Gasteiger partial charge in [-0.05, 0) is 39.2 Å². The van der Waals surface area contributed by atoms with Crippen molar-refractivity contribution in [1.29, 1.82) is 0 Å². The molecule has 2 heterocycles. The molecule has 2 aliphatic rings. The van der Waals surface area contributed by atoms with Crippen LogP contribution in [0.1, 0.15) is 109 Å². The van der Waals surface area contributed by atoms with Crippen molar-refractivity contribution in [3.05, 3.63) is 35.9 Å². The lowest BCUT2D eigenvalue weighted by molar-refractivity contribution is -0.142. The molecule has 0 saturated carbocycles. The van der Waals surface area contributed by atoms with Gasteiger partial charge in [0.1, 0.15) is 12.1 Å². The summed E-state index contributed by atoms with van der Waals surface area (Å²) in [5, 5.41) is 7.80. The number of nitrogens with zero attached hydrogens (tertiary/aromatic N) is 2. The molecule has 3 N–H and O–H groups in total. The second-order valence-corrected chi connectivity index (χ2v) is 14.1. The van der Waals surface area contributed by atoms with E-state index in [1.165, 1.54) is 4.90 Å². The summed E-state index contributed by atoms with van der Waals surface area (Å²) in [4.78, 5) is 82.2. The third-order valence-corrected chi connectivity index (χ3v) is 8.68. The predicted molar refractivity (Wildman–Crippen MR) is 181 cm³/mol.